The summed E-state index contributed by atoms with van der Waals surface area (Å²) in [5.74, 6) is 0.770. The third-order valence-electron chi connectivity index (χ3n) is 2.19. The minimum Gasteiger partial charge on any atom is -0.381 e. The van der Waals surface area contributed by atoms with Crippen LogP contribution in [0.15, 0.2) is 6.07 Å². The van der Waals surface area contributed by atoms with E-state index in [1.165, 1.54) is 0 Å². The summed E-state index contributed by atoms with van der Waals surface area (Å²) in [6.45, 7) is 5.90. The number of carbonyl (C=O) groups is 1. The lowest BCUT2D eigenvalue weighted by Crippen LogP contribution is -2.34. The number of anilines is 1. The highest BCUT2D eigenvalue weighted by molar-refractivity contribution is 5.79. The number of rotatable bonds is 5. The summed E-state index contributed by atoms with van der Waals surface area (Å²) in [6, 6.07) is 1.75. The summed E-state index contributed by atoms with van der Waals surface area (Å²) in [4.78, 5) is 19.2. The fourth-order valence-corrected chi connectivity index (χ4v) is 1.24. The number of carbonyl (C=O) groups excluding carboxylic acids is 1. The van der Waals surface area contributed by atoms with Crippen LogP contribution in [-0.2, 0) is 4.79 Å². The first-order valence-corrected chi connectivity index (χ1v) is 5.47. The van der Waals surface area contributed by atoms with Gasteiger partial charge >= 0.3 is 0 Å². The van der Waals surface area contributed by atoms with E-state index in [9.17, 15) is 9.90 Å². The highest BCUT2D eigenvalue weighted by Crippen LogP contribution is 2.13. The Hall–Kier alpha value is -1.69. The second kappa shape index (κ2) is 5.58. The maximum Gasteiger partial charge on any atom is 0.248 e. The molecule has 6 heteroatoms. The predicted molar refractivity (Wildman–Crippen MR) is 64.5 cm³/mol. The van der Waals surface area contributed by atoms with Crippen LogP contribution in [0.5, 0.6) is 0 Å². The van der Waals surface area contributed by atoms with Gasteiger partial charge in [-0.1, -0.05) is 13.8 Å². The molecule has 17 heavy (non-hydrogen) atoms. The largest absolute Gasteiger partial charge is 0.381 e. The molecule has 0 radical (unpaired) electrons. The Kier molecular flexibility index (Phi) is 4.39. The Bertz CT molecular complexity index is 406. The first-order valence-electron chi connectivity index (χ1n) is 5.47. The summed E-state index contributed by atoms with van der Waals surface area (Å²) in [5, 5.41) is 12.1. The Morgan fingerprint density at radius 2 is 2.18 bits per heavy atom. The molecule has 0 aromatic carbocycles. The molecule has 0 aliphatic heterocycles. The van der Waals surface area contributed by atoms with Crippen LogP contribution in [0, 0.1) is 6.92 Å². The van der Waals surface area contributed by atoms with E-state index in [-0.39, 0.29) is 12.5 Å². The fourth-order valence-electron chi connectivity index (χ4n) is 1.24. The summed E-state index contributed by atoms with van der Waals surface area (Å²) in [6.07, 6.45) is -1.22. The van der Waals surface area contributed by atoms with Crippen molar-refractivity contribution in [2.75, 3.05) is 11.9 Å². The number of hydrogen-bond donors (Lipinski definition) is 3. The molecule has 0 saturated heterocycles. The molecule has 1 atom stereocenters. The quantitative estimate of drug-likeness (QED) is 0.678. The molecule has 1 aromatic heterocycles. The smallest absolute Gasteiger partial charge is 0.248 e. The van der Waals surface area contributed by atoms with Gasteiger partial charge in [-0.15, -0.1) is 0 Å². The Morgan fingerprint density at radius 1 is 1.53 bits per heavy atom. The van der Waals surface area contributed by atoms with E-state index in [0.717, 1.165) is 11.5 Å². The van der Waals surface area contributed by atoms with Crippen molar-refractivity contribution in [3.63, 3.8) is 0 Å². The van der Waals surface area contributed by atoms with Crippen molar-refractivity contribution in [2.24, 2.45) is 5.73 Å². The number of nitrogens with one attached hydrogen (secondary N) is 1. The first-order chi connectivity index (χ1) is 7.90. The molecule has 1 heterocycles. The van der Waals surface area contributed by atoms with Crippen molar-refractivity contribution >= 4 is 11.7 Å². The maximum atomic E-state index is 10.7. The van der Waals surface area contributed by atoms with Crippen LogP contribution in [0.4, 0.5) is 5.82 Å². The standard InChI is InChI=1S/C11H18N4O2/c1-6(2)11-14-7(3)4-9(15-11)13-5-8(16)10(12)17/h4,6,8,16H,5H2,1-3H3,(H2,12,17)(H,13,14,15). The van der Waals surface area contributed by atoms with Crippen molar-refractivity contribution in [2.45, 2.75) is 32.8 Å². The van der Waals surface area contributed by atoms with E-state index < -0.39 is 12.0 Å². The molecule has 1 aromatic rings. The minimum absolute atomic E-state index is 0.0450. The van der Waals surface area contributed by atoms with E-state index in [1.807, 2.05) is 20.8 Å². The van der Waals surface area contributed by atoms with Crippen LogP contribution in [0.2, 0.25) is 0 Å². The number of aryl methyl sites for hydroxylation is 1. The fraction of sp³-hybridized carbons (Fsp3) is 0.545. The van der Waals surface area contributed by atoms with Gasteiger partial charge in [-0.2, -0.15) is 0 Å². The molecule has 0 aliphatic rings. The Labute approximate surface area is 100 Å². The summed E-state index contributed by atoms with van der Waals surface area (Å²) < 4.78 is 0. The number of aliphatic hydroxyl groups excluding tert-OH is 1. The molecular formula is C11H18N4O2. The lowest BCUT2D eigenvalue weighted by Gasteiger charge is -2.11. The third kappa shape index (κ3) is 3.99. The van der Waals surface area contributed by atoms with Crippen LogP contribution in [-0.4, -0.2) is 33.6 Å². The van der Waals surface area contributed by atoms with Gasteiger partial charge in [0.25, 0.3) is 0 Å². The number of nitrogens with zero attached hydrogens (tertiary/aromatic N) is 2. The molecule has 1 amide bonds. The number of aliphatic hydroxyl groups is 1. The van der Waals surface area contributed by atoms with E-state index >= 15 is 0 Å². The average molecular weight is 238 g/mol. The monoisotopic (exact) mass is 238 g/mol. The van der Waals surface area contributed by atoms with Crippen LogP contribution in [0.3, 0.4) is 0 Å². The molecular weight excluding hydrogens is 220 g/mol. The van der Waals surface area contributed by atoms with Gasteiger partial charge in [-0.3, -0.25) is 4.79 Å². The van der Waals surface area contributed by atoms with E-state index in [1.54, 1.807) is 6.07 Å². The molecule has 0 fully saturated rings. The van der Waals surface area contributed by atoms with Crippen molar-refractivity contribution < 1.29 is 9.90 Å². The average Bonchev–Trinajstić information content (AvgIpc) is 2.24. The summed E-state index contributed by atoms with van der Waals surface area (Å²) in [7, 11) is 0. The molecule has 6 nitrogen and oxygen atoms in total. The lowest BCUT2D eigenvalue weighted by molar-refractivity contribution is -0.125. The van der Waals surface area contributed by atoms with Crippen molar-refractivity contribution in [3.05, 3.63) is 17.6 Å². The zero-order valence-corrected chi connectivity index (χ0v) is 10.3. The van der Waals surface area contributed by atoms with Gasteiger partial charge in [0.1, 0.15) is 17.7 Å². The van der Waals surface area contributed by atoms with E-state index in [0.29, 0.717) is 5.82 Å². The summed E-state index contributed by atoms with van der Waals surface area (Å²) in [5.41, 5.74) is 5.78. The van der Waals surface area contributed by atoms with Gasteiger partial charge in [0.2, 0.25) is 5.91 Å². The normalized spacial score (nSPS) is 12.5. The number of hydrogen-bond acceptors (Lipinski definition) is 5. The lowest BCUT2D eigenvalue weighted by atomic mass is 10.2. The Balaban J connectivity index is 2.74. The zero-order valence-electron chi connectivity index (χ0n) is 10.3. The third-order valence-corrected chi connectivity index (χ3v) is 2.19. The van der Waals surface area contributed by atoms with Gasteiger partial charge in [0, 0.05) is 17.7 Å². The Morgan fingerprint density at radius 3 is 2.71 bits per heavy atom. The van der Waals surface area contributed by atoms with Crippen LogP contribution < -0.4 is 11.1 Å². The number of amides is 1. The van der Waals surface area contributed by atoms with Gasteiger partial charge in [0.15, 0.2) is 0 Å². The highest BCUT2D eigenvalue weighted by Gasteiger charge is 2.11. The van der Waals surface area contributed by atoms with Crippen molar-refractivity contribution in [3.8, 4) is 0 Å². The van der Waals surface area contributed by atoms with Crippen LogP contribution in [0.1, 0.15) is 31.3 Å². The maximum absolute atomic E-state index is 10.7. The highest BCUT2D eigenvalue weighted by atomic mass is 16.3. The molecule has 4 N–H and O–H groups in total. The minimum atomic E-state index is -1.22. The molecule has 1 unspecified atom stereocenters. The first kappa shape index (κ1) is 13.4. The zero-order chi connectivity index (χ0) is 13.0. The SMILES string of the molecule is Cc1cc(NCC(O)C(N)=O)nc(C(C)C)n1. The molecule has 94 valence electrons. The second-order valence-corrected chi connectivity index (χ2v) is 4.21. The second-order valence-electron chi connectivity index (χ2n) is 4.21. The van der Waals surface area contributed by atoms with Gasteiger partial charge in [-0.05, 0) is 6.92 Å². The predicted octanol–water partition coefficient (Wildman–Crippen LogP) is 0.167. The van der Waals surface area contributed by atoms with Gasteiger partial charge in [-0.25, -0.2) is 9.97 Å². The molecule has 0 aliphatic carbocycles. The van der Waals surface area contributed by atoms with Crippen molar-refractivity contribution in [1.29, 1.82) is 0 Å². The molecule has 0 saturated carbocycles. The van der Waals surface area contributed by atoms with E-state index in [2.05, 4.69) is 15.3 Å². The van der Waals surface area contributed by atoms with E-state index in [4.69, 9.17) is 5.73 Å². The molecule has 0 spiro atoms. The van der Waals surface area contributed by atoms with Gasteiger partial charge < -0.3 is 16.2 Å². The molecule has 1 rings (SSSR count). The number of nitrogens with two attached hydrogens (primary N) is 1. The van der Waals surface area contributed by atoms with Crippen LogP contribution in [0.25, 0.3) is 0 Å². The van der Waals surface area contributed by atoms with Crippen molar-refractivity contribution in [1.82, 2.24) is 9.97 Å². The molecule has 0 bridgehead atoms. The van der Waals surface area contributed by atoms with Crippen LogP contribution >= 0.6 is 0 Å². The number of primary amides is 1. The topological polar surface area (TPSA) is 101 Å². The summed E-state index contributed by atoms with van der Waals surface area (Å²) >= 11 is 0. The van der Waals surface area contributed by atoms with Gasteiger partial charge in [0.05, 0.1) is 6.54 Å². The number of aromatic nitrogens is 2.